The number of methoxy groups -OCH3 is 1. The van der Waals surface area contributed by atoms with Crippen molar-refractivity contribution in [2.75, 3.05) is 7.11 Å². The summed E-state index contributed by atoms with van der Waals surface area (Å²) in [5.74, 6) is 0. The Morgan fingerprint density at radius 1 is 1.33 bits per heavy atom. The van der Waals surface area contributed by atoms with Crippen LogP contribution in [0.4, 0.5) is 0 Å². The first-order chi connectivity index (χ1) is 5.17. The van der Waals surface area contributed by atoms with Crippen molar-refractivity contribution in [1.29, 1.82) is 0 Å². The summed E-state index contributed by atoms with van der Waals surface area (Å²) in [4.78, 5) is 4.20. The van der Waals surface area contributed by atoms with Gasteiger partial charge in [-0.05, 0) is 26.0 Å². The molecule has 0 aliphatic carbocycles. The third-order valence-electron chi connectivity index (χ3n) is 1.79. The number of halogens is 1. The molecule has 0 aromatic carbocycles. The molecule has 0 spiro atoms. The predicted octanol–water partition coefficient (Wildman–Crippen LogP) is 2.38. The van der Waals surface area contributed by atoms with Crippen molar-refractivity contribution in [3.63, 3.8) is 0 Å². The maximum atomic E-state index is 5.26. The Labute approximate surface area is 79.4 Å². The largest absolute Gasteiger partial charge is 0.373 e. The maximum Gasteiger partial charge on any atom is 0.104 e. The van der Waals surface area contributed by atoms with E-state index in [1.54, 1.807) is 13.3 Å². The van der Waals surface area contributed by atoms with Crippen LogP contribution >= 0.6 is 12.4 Å². The van der Waals surface area contributed by atoms with E-state index >= 15 is 0 Å². The van der Waals surface area contributed by atoms with Crippen molar-refractivity contribution in [2.45, 2.75) is 19.4 Å². The van der Waals surface area contributed by atoms with Crippen molar-refractivity contribution < 1.29 is 4.74 Å². The highest BCUT2D eigenvalue weighted by Gasteiger charge is 2.19. The van der Waals surface area contributed by atoms with Gasteiger partial charge in [-0.3, -0.25) is 4.98 Å². The molecule has 0 fully saturated rings. The number of ether oxygens (including phenoxy) is 1. The molecule has 0 atom stereocenters. The summed E-state index contributed by atoms with van der Waals surface area (Å²) in [5, 5.41) is 0. The Balaban J connectivity index is 0.00000121. The van der Waals surface area contributed by atoms with Gasteiger partial charge in [0.05, 0.1) is 5.69 Å². The molecule has 0 radical (unpaired) electrons. The minimum atomic E-state index is -0.277. The fourth-order valence-corrected chi connectivity index (χ4v) is 0.823. The van der Waals surface area contributed by atoms with Crippen LogP contribution in [0.2, 0.25) is 0 Å². The Kier molecular flexibility index (Phi) is 4.21. The molecule has 0 aliphatic rings. The Bertz CT molecular complexity index is 223. The standard InChI is InChI=1S/C9H13NO.ClH/c1-9(2,11-3)8-6-4-5-7-10-8;/h4-7H,1-3H3;1H. The van der Waals surface area contributed by atoms with Crippen LogP contribution in [-0.2, 0) is 10.3 Å². The molecule has 0 amide bonds. The number of hydrogen-bond donors (Lipinski definition) is 0. The van der Waals surface area contributed by atoms with Gasteiger partial charge in [-0.25, -0.2) is 0 Å². The highest BCUT2D eigenvalue weighted by molar-refractivity contribution is 5.85. The zero-order valence-corrected chi connectivity index (χ0v) is 8.39. The van der Waals surface area contributed by atoms with Crippen LogP contribution < -0.4 is 0 Å². The van der Waals surface area contributed by atoms with E-state index in [-0.39, 0.29) is 18.0 Å². The molecular formula is C9H14ClNO. The average molecular weight is 188 g/mol. The predicted molar refractivity (Wildman–Crippen MR) is 51.5 cm³/mol. The van der Waals surface area contributed by atoms with Gasteiger partial charge in [-0.2, -0.15) is 0 Å². The van der Waals surface area contributed by atoms with Crippen LogP contribution in [-0.4, -0.2) is 12.1 Å². The monoisotopic (exact) mass is 187 g/mol. The molecule has 12 heavy (non-hydrogen) atoms. The number of hydrogen-bond acceptors (Lipinski definition) is 2. The molecule has 1 heterocycles. The summed E-state index contributed by atoms with van der Waals surface area (Å²) in [6, 6.07) is 5.82. The molecule has 1 rings (SSSR count). The molecular weight excluding hydrogens is 174 g/mol. The topological polar surface area (TPSA) is 22.1 Å². The second-order valence-corrected chi connectivity index (χ2v) is 2.93. The van der Waals surface area contributed by atoms with Gasteiger partial charge in [0.1, 0.15) is 5.60 Å². The van der Waals surface area contributed by atoms with E-state index in [2.05, 4.69) is 4.98 Å². The summed E-state index contributed by atoms with van der Waals surface area (Å²) in [6.07, 6.45) is 1.77. The molecule has 0 unspecified atom stereocenters. The third kappa shape index (κ3) is 2.47. The quantitative estimate of drug-likeness (QED) is 0.710. The fraction of sp³-hybridized carbons (Fsp3) is 0.444. The minimum Gasteiger partial charge on any atom is -0.373 e. The average Bonchev–Trinajstić information content (AvgIpc) is 2.06. The maximum absolute atomic E-state index is 5.26. The molecule has 3 heteroatoms. The molecule has 0 saturated heterocycles. The first kappa shape index (κ1) is 11.4. The van der Waals surface area contributed by atoms with Crippen LogP contribution in [0.25, 0.3) is 0 Å². The molecule has 1 aromatic heterocycles. The van der Waals surface area contributed by atoms with Crippen molar-refractivity contribution in [3.05, 3.63) is 30.1 Å². The van der Waals surface area contributed by atoms with Crippen LogP contribution in [0, 0.1) is 0 Å². The van der Waals surface area contributed by atoms with E-state index in [1.165, 1.54) is 0 Å². The van der Waals surface area contributed by atoms with Gasteiger partial charge < -0.3 is 4.74 Å². The lowest BCUT2D eigenvalue weighted by Crippen LogP contribution is -2.20. The summed E-state index contributed by atoms with van der Waals surface area (Å²) in [7, 11) is 1.69. The molecule has 1 aromatic rings. The number of nitrogens with zero attached hydrogens (tertiary/aromatic N) is 1. The highest BCUT2D eigenvalue weighted by atomic mass is 35.5. The van der Waals surface area contributed by atoms with E-state index in [4.69, 9.17) is 4.74 Å². The first-order valence-electron chi connectivity index (χ1n) is 3.63. The summed E-state index contributed by atoms with van der Waals surface area (Å²) in [6.45, 7) is 3.99. The van der Waals surface area contributed by atoms with Gasteiger partial charge in [0, 0.05) is 13.3 Å². The molecule has 0 N–H and O–H groups in total. The second-order valence-electron chi connectivity index (χ2n) is 2.93. The minimum absolute atomic E-state index is 0. The summed E-state index contributed by atoms with van der Waals surface area (Å²) >= 11 is 0. The summed E-state index contributed by atoms with van der Waals surface area (Å²) < 4.78 is 5.26. The SMILES string of the molecule is COC(C)(C)c1ccccn1.Cl. The molecule has 0 bridgehead atoms. The van der Waals surface area contributed by atoms with Crippen molar-refractivity contribution in [1.82, 2.24) is 4.98 Å². The molecule has 68 valence electrons. The molecule has 0 saturated carbocycles. The lowest BCUT2D eigenvalue weighted by Gasteiger charge is -2.21. The summed E-state index contributed by atoms with van der Waals surface area (Å²) in [5.41, 5.74) is 0.684. The highest BCUT2D eigenvalue weighted by Crippen LogP contribution is 2.20. The Morgan fingerprint density at radius 3 is 2.42 bits per heavy atom. The van der Waals surface area contributed by atoms with Gasteiger partial charge >= 0.3 is 0 Å². The normalized spacial score (nSPS) is 10.6. The van der Waals surface area contributed by atoms with Crippen LogP contribution in [0.1, 0.15) is 19.5 Å². The first-order valence-corrected chi connectivity index (χ1v) is 3.63. The van der Waals surface area contributed by atoms with E-state index in [9.17, 15) is 0 Å². The zero-order chi connectivity index (χ0) is 8.32. The molecule has 2 nitrogen and oxygen atoms in total. The number of aromatic nitrogens is 1. The van der Waals surface area contributed by atoms with Crippen LogP contribution in [0.3, 0.4) is 0 Å². The number of rotatable bonds is 2. The Hall–Kier alpha value is -0.600. The van der Waals surface area contributed by atoms with Crippen molar-refractivity contribution in [3.8, 4) is 0 Å². The van der Waals surface area contributed by atoms with E-state index in [1.807, 2.05) is 32.0 Å². The van der Waals surface area contributed by atoms with Crippen LogP contribution in [0.15, 0.2) is 24.4 Å². The van der Waals surface area contributed by atoms with E-state index < -0.39 is 0 Å². The van der Waals surface area contributed by atoms with Gasteiger partial charge in [0.15, 0.2) is 0 Å². The second kappa shape index (κ2) is 4.43. The molecule has 0 aliphatic heterocycles. The number of pyridine rings is 1. The van der Waals surface area contributed by atoms with Gasteiger partial charge in [-0.1, -0.05) is 6.07 Å². The lowest BCUT2D eigenvalue weighted by atomic mass is 10.0. The fourth-order valence-electron chi connectivity index (χ4n) is 0.823. The van der Waals surface area contributed by atoms with E-state index in [0.29, 0.717) is 0 Å². The lowest BCUT2D eigenvalue weighted by molar-refractivity contribution is 0.0155. The smallest absolute Gasteiger partial charge is 0.104 e. The van der Waals surface area contributed by atoms with Crippen LogP contribution in [0.5, 0.6) is 0 Å². The Morgan fingerprint density at radius 2 is 2.00 bits per heavy atom. The van der Waals surface area contributed by atoms with Gasteiger partial charge in [0.2, 0.25) is 0 Å². The van der Waals surface area contributed by atoms with Gasteiger partial charge in [-0.15, -0.1) is 12.4 Å². The van der Waals surface area contributed by atoms with E-state index in [0.717, 1.165) is 5.69 Å². The van der Waals surface area contributed by atoms with Crippen molar-refractivity contribution >= 4 is 12.4 Å². The van der Waals surface area contributed by atoms with Crippen molar-refractivity contribution in [2.24, 2.45) is 0 Å². The third-order valence-corrected chi connectivity index (χ3v) is 1.79. The zero-order valence-electron chi connectivity index (χ0n) is 7.57. The van der Waals surface area contributed by atoms with Gasteiger partial charge in [0.25, 0.3) is 0 Å².